The third kappa shape index (κ3) is 2.35. The molecule has 1 N–H and O–H groups in total. The summed E-state index contributed by atoms with van der Waals surface area (Å²) in [5.41, 5.74) is 5.19. The first-order chi connectivity index (χ1) is 11.7. The average molecular weight is 319 g/mol. The molecule has 0 atom stereocenters. The van der Waals surface area contributed by atoms with Crippen LogP contribution in [0.25, 0.3) is 10.9 Å². The van der Waals surface area contributed by atoms with Crippen molar-refractivity contribution in [1.82, 2.24) is 4.57 Å². The van der Waals surface area contributed by atoms with Crippen LogP contribution in [0.3, 0.4) is 0 Å². The number of fused-ring (bicyclic) bond motifs is 2. The number of nitrogens with one attached hydrogen (secondary N) is 1. The first kappa shape index (κ1) is 14.8. The number of aromatic nitrogens is 1. The van der Waals surface area contributed by atoms with Crippen molar-refractivity contribution in [2.75, 3.05) is 23.3 Å². The number of anilines is 2. The predicted molar refractivity (Wildman–Crippen MR) is 98.9 cm³/mol. The summed E-state index contributed by atoms with van der Waals surface area (Å²) in [4.78, 5) is 15.1. The lowest BCUT2D eigenvalue weighted by Gasteiger charge is -2.17. The molecule has 3 aromatic rings. The van der Waals surface area contributed by atoms with E-state index in [1.54, 1.807) is 0 Å². The van der Waals surface area contributed by atoms with Crippen molar-refractivity contribution >= 4 is 28.2 Å². The van der Waals surface area contributed by atoms with E-state index in [-0.39, 0.29) is 5.91 Å². The molecule has 4 rings (SSSR count). The zero-order valence-electron chi connectivity index (χ0n) is 14.0. The number of nitrogens with zero attached hydrogens (tertiary/aromatic N) is 2. The number of para-hydroxylation sites is 1. The lowest BCUT2D eigenvalue weighted by molar-refractivity contribution is 0.102. The Morgan fingerprint density at radius 3 is 2.79 bits per heavy atom. The Balaban J connectivity index is 1.63. The smallest absolute Gasteiger partial charge is 0.272 e. The number of aryl methyl sites for hydroxylation is 1. The van der Waals surface area contributed by atoms with Crippen LogP contribution in [0.1, 0.15) is 23.0 Å². The van der Waals surface area contributed by atoms with Crippen LogP contribution >= 0.6 is 0 Å². The summed E-state index contributed by atoms with van der Waals surface area (Å²) < 4.78 is 1.94. The van der Waals surface area contributed by atoms with Crippen LogP contribution in [-0.2, 0) is 13.5 Å². The van der Waals surface area contributed by atoms with Gasteiger partial charge in [0, 0.05) is 42.4 Å². The van der Waals surface area contributed by atoms with Gasteiger partial charge in [0.05, 0.1) is 0 Å². The van der Waals surface area contributed by atoms with Crippen LogP contribution in [0.5, 0.6) is 0 Å². The summed E-state index contributed by atoms with van der Waals surface area (Å²) in [5.74, 6) is -0.0744. The molecule has 0 fully saturated rings. The van der Waals surface area contributed by atoms with Gasteiger partial charge in [-0.15, -0.1) is 0 Å². The SMILES string of the molecule is CCN1CCc2ccc(NC(=O)c3cc4ccccc4n3C)cc21. The van der Waals surface area contributed by atoms with Crippen LogP contribution in [0, 0.1) is 0 Å². The highest BCUT2D eigenvalue weighted by molar-refractivity contribution is 6.06. The molecular formula is C20H21N3O. The van der Waals surface area contributed by atoms with Gasteiger partial charge in [-0.05, 0) is 43.2 Å². The molecule has 1 aliphatic rings. The molecule has 1 aliphatic heterocycles. The molecule has 1 amide bonds. The Hall–Kier alpha value is -2.75. The third-order valence-electron chi connectivity index (χ3n) is 4.90. The number of rotatable bonds is 3. The number of amides is 1. The van der Waals surface area contributed by atoms with Crippen molar-refractivity contribution in [2.45, 2.75) is 13.3 Å². The summed E-state index contributed by atoms with van der Waals surface area (Å²) in [5, 5.41) is 4.13. The van der Waals surface area contributed by atoms with Crippen molar-refractivity contribution in [3.05, 3.63) is 59.8 Å². The second kappa shape index (κ2) is 5.71. The van der Waals surface area contributed by atoms with Crippen LogP contribution in [-0.4, -0.2) is 23.6 Å². The first-order valence-electron chi connectivity index (χ1n) is 8.41. The molecule has 0 spiro atoms. The molecule has 1 aromatic heterocycles. The van der Waals surface area contributed by atoms with Crippen LogP contribution in [0.15, 0.2) is 48.5 Å². The molecule has 0 unspecified atom stereocenters. The second-order valence-corrected chi connectivity index (χ2v) is 6.27. The Kier molecular flexibility index (Phi) is 3.53. The zero-order valence-corrected chi connectivity index (χ0v) is 14.0. The van der Waals surface area contributed by atoms with E-state index in [1.165, 1.54) is 11.3 Å². The van der Waals surface area contributed by atoms with Crippen LogP contribution < -0.4 is 10.2 Å². The van der Waals surface area contributed by atoms with E-state index in [0.717, 1.165) is 36.1 Å². The van der Waals surface area contributed by atoms with Gasteiger partial charge in [-0.1, -0.05) is 24.3 Å². The van der Waals surface area contributed by atoms with Gasteiger partial charge in [-0.2, -0.15) is 0 Å². The fourth-order valence-corrected chi connectivity index (χ4v) is 3.55. The molecule has 0 saturated heterocycles. The predicted octanol–water partition coefficient (Wildman–Crippen LogP) is 3.81. The highest BCUT2D eigenvalue weighted by Crippen LogP contribution is 2.30. The molecule has 4 nitrogen and oxygen atoms in total. The number of likely N-dealkylation sites (N-methyl/N-ethyl adjacent to an activating group) is 1. The highest BCUT2D eigenvalue weighted by atomic mass is 16.1. The van der Waals surface area contributed by atoms with E-state index in [9.17, 15) is 4.79 Å². The van der Waals surface area contributed by atoms with Crippen molar-refractivity contribution < 1.29 is 4.79 Å². The van der Waals surface area contributed by atoms with E-state index < -0.39 is 0 Å². The van der Waals surface area contributed by atoms with Crippen molar-refractivity contribution in [1.29, 1.82) is 0 Å². The van der Waals surface area contributed by atoms with Gasteiger partial charge in [-0.25, -0.2) is 0 Å². The summed E-state index contributed by atoms with van der Waals surface area (Å²) in [6, 6.07) is 16.2. The summed E-state index contributed by atoms with van der Waals surface area (Å²) >= 11 is 0. The molecule has 0 aliphatic carbocycles. The minimum Gasteiger partial charge on any atom is -0.371 e. The van der Waals surface area contributed by atoms with Crippen molar-refractivity contribution in [3.63, 3.8) is 0 Å². The number of hydrogen-bond donors (Lipinski definition) is 1. The second-order valence-electron chi connectivity index (χ2n) is 6.27. The van der Waals surface area contributed by atoms with E-state index in [0.29, 0.717) is 5.69 Å². The molecule has 0 bridgehead atoms. The molecule has 2 aromatic carbocycles. The van der Waals surface area contributed by atoms with Gasteiger partial charge in [-0.3, -0.25) is 4.79 Å². The standard InChI is InChI=1S/C20H21N3O/c1-3-23-11-10-14-8-9-16(13-18(14)23)21-20(24)19-12-15-6-4-5-7-17(15)22(19)2/h4-9,12-13H,3,10-11H2,1-2H3,(H,21,24). The minimum atomic E-state index is -0.0744. The summed E-state index contributed by atoms with van der Waals surface area (Å²) in [6.45, 7) is 4.22. The first-order valence-corrected chi connectivity index (χ1v) is 8.41. The number of benzene rings is 2. The Morgan fingerprint density at radius 1 is 1.17 bits per heavy atom. The highest BCUT2D eigenvalue weighted by Gasteiger charge is 2.19. The van der Waals surface area contributed by atoms with Crippen LogP contribution in [0.4, 0.5) is 11.4 Å². The van der Waals surface area contributed by atoms with E-state index >= 15 is 0 Å². The topological polar surface area (TPSA) is 37.3 Å². The molecule has 2 heterocycles. The van der Waals surface area contributed by atoms with Gasteiger partial charge in [0.1, 0.15) is 5.69 Å². The van der Waals surface area contributed by atoms with Gasteiger partial charge >= 0.3 is 0 Å². The third-order valence-corrected chi connectivity index (χ3v) is 4.90. The average Bonchev–Trinajstić information content (AvgIpc) is 3.16. The van der Waals surface area contributed by atoms with Crippen molar-refractivity contribution in [3.8, 4) is 0 Å². The summed E-state index contributed by atoms with van der Waals surface area (Å²) in [6.07, 6.45) is 1.08. The number of carbonyl (C=O) groups excluding carboxylic acids is 1. The Labute approximate surface area is 141 Å². The molecule has 0 saturated carbocycles. The normalized spacial score (nSPS) is 13.3. The maximum atomic E-state index is 12.7. The maximum Gasteiger partial charge on any atom is 0.272 e. The zero-order chi connectivity index (χ0) is 16.7. The van der Waals surface area contributed by atoms with Crippen molar-refractivity contribution in [2.24, 2.45) is 7.05 Å². The maximum absolute atomic E-state index is 12.7. The molecular weight excluding hydrogens is 298 g/mol. The fourth-order valence-electron chi connectivity index (χ4n) is 3.55. The van der Waals surface area contributed by atoms with Gasteiger partial charge < -0.3 is 14.8 Å². The Bertz CT molecular complexity index is 926. The number of hydrogen-bond acceptors (Lipinski definition) is 2. The van der Waals surface area contributed by atoms with Gasteiger partial charge in [0.15, 0.2) is 0 Å². The molecule has 122 valence electrons. The van der Waals surface area contributed by atoms with E-state index in [1.807, 2.05) is 48.0 Å². The summed E-state index contributed by atoms with van der Waals surface area (Å²) in [7, 11) is 1.93. The Morgan fingerprint density at radius 2 is 2.00 bits per heavy atom. The molecule has 4 heteroatoms. The van der Waals surface area contributed by atoms with E-state index in [4.69, 9.17) is 0 Å². The lowest BCUT2D eigenvalue weighted by Crippen LogP contribution is -2.19. The van der Waals surface area contributed by atoms with Gasteiger partial charge in [0.2, 0.25) is 0 Å². The van der Waals surface area contributed by atoms with Crippen LogP contribution in [0.2, 0.25) is 0 Å². The van der Waals surface area contributed by atoms with Gasteiger partial charge in [0.25, 0.3) is 5.91 Å². The fraction of sp³-hybridized carbons (Fsp3) is 0.250. The lowest BCUT2D eigenvalue weighted by atomic mass is 10.1. The quantitative estimate of drug-likeness (QED) is 0.797. The molecule has 24 heavy (non-hydrogen) atoms. The number of carbonyl (C=O) groups is 1. The minimum absolute atomic E-state index is 0.0744. The largest absolute Gasteiger partial charge is 0.371 e. The molecule has 0 radical (unpaired) electrons. The monoisotopic (exact) mass is 319 g/mol. The van der Waals surface area contributed by atoms with E-state index in [2.05, 4.69) is 29.3 Å².